The standard InChI is InChI=1S/C2H6N2O2.C2H4O2/c3-1-2(5)6-4;1-2(3)4/h1,3-4H2;1H3,(H,3,4). The average molecular weight is 150 g/mol. The van der Waals surface area contributed by atoms with Gasteiger partial charge in [-0.05, 0) is 0 Å². The molecule has 0 aliphatic carbocycles. The molecular formula is C4H10N2O4. The van der Waals surface area contributed by atoms with Gasteiger partial charge in [0.15, 0.2) is 0 Å². The number of rotatable bonds is 1. The maximum Gasteiger partial charge on any atom is 0.338 e. The average Bonchev–Trinajstić information content (AvgIpc) is 1.85. The van der Waals surface area contributed by atoms with E-state index in [0.29, 0.717) is 0 Å². The Morgan fingerprint density at radius 1 is 1.60 bits per heavy atom. The molecule has 0 saturated carbocycles. The zero-order valence-corrected chi connectivity index (χ0v) is 5.53. The number of carbonyl (C=O) groups is 2. The first-order valence-corrected chi connectivity index (χ1v) is 2.33. The summed E-state index contributed by atoms with van der Waals surface area (Å²) >= 11 is 0. The molecule has 0 aromatic carbocycles. The van der Waals surface area contributed by atoms with E-state index in [9.17, 15) is 4.79 Å². The monoisotopic (exact) mass is 150 g/mol. The molecule has 0 aliphatic heterocycles. The minimum atomic E-state index is -0.833. The van der Waals surface area contributed by atoms with E-state index in [-0.39, 0.29) is 6.54 Å². The summed E-state index contributed by atoms with van der Waals surface area (Å²) < 4.78 is 0. The molecule has 60 valence electrons. The lowest BCUT2D eigenvalue weighted by molar-refractivity contribution is -0.142. The van der Waals surface area contributed by atoms with Gasteiger partial charge in [0.1, 0.15) is 0 Å². The molecule has 0 radical (unpaired) electrons. The van der Waals surface area contributed by atoms with E-state index >= 15 is 0 Å². The fourth-order valence-corrected chi connectivity index (χ4v) is 0.0481. The first-order chi connectivity index (χ1) is 4.54. The maximum atomic E-state index is 9.71. The van der Waals surface area contributed by atoms with Gasteiger partial charge in [-0.1, -0.05) is 0 Å². The maximum absolute atomic E-state index is 9.71. The van der Waals surface area contributed by atoms with Gasteiger partial charge in [0, 0.05) is 6.92 Å². The molecule has 0 aromatic rings. The number of aliphatic carboxylic acids is 1. The summed E-state index contributed by atoms with van der Waals surface area (Å²) in [7, 11) is 0. The van der Waals surface area contributed by atoms with Crippen molar-refractivity contribution < 1.29 is 19.5 Å². The summed E-state index contributed by atoms with van der Waals surface area (Å²) in [5.74, 6) is 2.92. The van der Waals surface area contributed by atoms with Crippen LogP contribution < -0.4 is 11.6 Å². The van der Waals surface area contributed by atoms with E-state index in [1.54, 1.807) is 0 Å². The first kappa shape index (κ1) is 11.6. The third kappa shape index (κ3) is 28.8. The second-order valence-corrected chi connectivity index (χ2v) is 1.21. The SMILES string of the molecule is CC(=O)O.NCC(=O)ON. The van der Waals surface area contributed by atoms with Crippen LogP contribution in [0.4, 0.5) is 0 Å². The first-order valence-electron chi connectivity index (χ1n) is 2.33. The molecule has 0 heterocycles. The summed E-state index contributed by atoms with van der Waals surface area (Å²) in [4.78, 5) is 22.3. The van der Waals surface area contributed by atoms with E-state index in [4.69, 9.17) is 15.6 Å². The fourth-order valence-electron chi connectivity index (χ4n) is 0.0481. The quantitative estimate of drug-likeness (QED) is 0.390. The number of carboxylic acids is 1. The van der Waals surface area contributed by atoms with Crippen molar-refractivity contribution in [2.24, 2.45) is 11.6 Å². The van der Waals surface area contributed by atoms with Crippen LogP contribution in [-0.4, -0.2) is 23.6 Å². The zero-order chi connectivity index (χ0) is 8.57. The summed E-state index contributed by atoms with van der Waals surface area (Å²) in [6.45, 7) is 0.927. The van der Waals surface area contributed by atoms with Crippen LogP contribution in [0.2, 0.25) is 0 Å². The van der Waals surface area contributed by atoms with Gasteiger partial charge in [-0.3, -0.25) is 4.79 Å². The van der Waals surface area contributed by atoms with E-state index in [2.05, 4.69) is 10.7 Å². The largest absolute Gasteiger partial charge is 0.481 e. The number of hydrogen-bond acceptors (Lipinski definition) is 5. The van der Waals surface area contributed by atoms with Crippen LogP contribution in [0.1, 0.15) is 6.92 Å². The highest BCUT2D eigenvalue weighted by Crippen LogP contribution is 1.56. The van der Waals surface area contributed by atoms with Gasteiger partial charge < -0.3 is 15.7 Å². The van der Waals surface area contributed by atoms with Crippen LogP contribution in [0.15, 0.2) is 0 Å². The van der Waals surface area contributed by atoms with Crippen LogP contribution in [-0.2, 0) is 14.4 Å². The van der Waals surface area contributed by atoms with Gasteiger partial charge in [0.25, 0.3) is 5.97 Å². The Kier molecular flexibility index (Phi) is 9.14. The van der Waals surface area contributed by atoms with Crippen molar-refractivity contribution in [1.82, 2.24) is 0 Å². The molecule has 0 atom stereocenters. The summed E-state index contributed by atoms with van der Waals surface area (Å²) in [6.07, 6.45) is 0. The number of carboxylic acid groups (broad SMARTS) is 1. The molecule has 0 amide bonds. The molecule has 10 heavy (non-hydrogen) atoms. The molecule has 0 unspecified atom stereocenters. The smallest absolute Gasteiger partial charge is 0.338 e. The zero-order valence-electron chi connectivity index (χ0n) is 5.53. The van der Waals surface area contributed by atoms with E-state index in [1.807, 2.05) is 0 Å². The van der Waals surface area contributed by atoms with Gasteiger partial charge in [0.2, 0.25) is 0 Å². The van der Waals surface area contributed by atoms with Crippen LogP contribution in [0.25, 0.3) is 0 Å². The molecule has 6 heteroatoms. The molecule has 5 N–H and O–H groups in total. The predicted octanol–water partition coefficient (Wildman–Crippen LogP) is -1.55. The highest BCUT2D eigenvalue weighted by atomic mass is 16.7. The number of nitrogens with two attached hydrogens (primary N) is 2. The molecule has 0 saturated heterocycles. The molecule has 0 fully saturated rings. The Labute approximate surface area is 57.7 Å². The summed E-state index contributed by atoms with van der Waals surface area (Å²) in [5.41, 5.74) is 4.73. The van der Waals surface area contributed by atoms with E-state index in [1.165, 1.54) is 0 Å². The van der Waals surface area contributed by atoms with Crippen molar-refractivity contribution in [1.29, 1.82) is 0 Å². The van der Waals surface area contributed by atoms with Crippen LogP contribution in [0.5, 0.6) is 0 Å². The van der Waals surface area contributed by atoms with Crippen LogP contribution in [0.3, 0.4) is 0 Å². The molecule has 0 bridgehead atoms. The lowest BCUT2D eigenvalue weighted by atomic mass is 10.7. The van der Waals surface area contributed by atoms with E-state index in [0.717, 1.165) is 6.92 Å². The molecule has 6 nitrogen and oxygen atoms in total. The van der Waals surface area contributed by atoms with Gasteiger partial charge in [0.05, 0.1) is 6.54 Å². The second-order valence-electron chi connectivity index (χ2n) is 1.21. The van der Waals surface area contributed by atoms with Gasteiger partial charge >= 0.3 is 5.97 Å². The van der Waals surface area contributed by atoms with Crippen LogP contribution in [0, 0.1) is 0 Å². The van der Waals surface area contributed by atoms with Crippen molar-refractivity contribution in [3.8, 4) is 0 Å². The highest BCUT2D eigenvalue weighted by Gasteiger charge is 1.89. The molecule has 0 spiro atoms. The van der Waals surface area contributed by atoms with E-state index < -0.39 is 11.9 Å². The van der Waals surface area contributed by atoms with Crippen LogP contribution >= 0.6 is 0 Å². The normalized spacial score (nSPS) is 7.10. The molecular weight excluding hydrogens is 140 g/mol. The Bertz CT molecular complexity index is 104. The Morgan fingerprint density at radius 3 is 1.90 bits per heavy atom. The predicted molar refractivity (Wildman–Crippen MR) is 32.6 cm³/mol. The molecule has 0 aliphatic rings. The van der Waals surface area contributed by atoms with Crippen molar-refractivity contribution in [3.05, 3.63) is 0 Å². The van der Waals surface area contributed by atoms with Crippen molar-refractivity contribution in [2.45, 2.75) is 6.92 Å². The van der Waals surface area contributed by atoms with Crippen molar-refractivity contribution in [3.63, 3.8) is 0 Å². The van der Waals surface area contributed by atoms with Gasteiger partial charge in [-0.25, -0.2) is 4.79 Å². The third-order valence-electron chi connectivity index (χ3n) is 0.298. The molecule has 0 rings (SSSR count). The topological polar surface area (TPSA) is 116 Å². The number of carbonyl (C=O) groups excluding carboxylic acids is 1. The second kappa shape index (κ2) is 7.86. The Hall–Kier alpha value is -1.14. The van der Waals surface area contributed by atoms with Gasteiger partial charge in [-0.15, -0.1) is 0 Å². The Morgan fingerprint density at radius 2 is 1.90 bits per heavy atom. The van der Waals surface area contributed by atoms with Crippen molar-refractivity contribution >= 4 is 11.9 Å². The minimum Gasteiger partial charge on any atom is -0.481 e. The highest BCUT2D eigenvalue weighted by molar-refractivity contribution is 5.70. The molecule has 0 aromatic heterocycles. The fraction of sp³-hybridized carbons (Fsp3) is 0.500. The summed E-state index contributed by atoms with van der Waals surface area (Å²) in [6, 6.07) is 0. The van der Waals surface area contributed by atoms with Gasteiger partial charge in [-0.2, -0.15) is 5.90 Å². The minimum absolute atomic E-state index is 0.156. The number of hydrogen-bond donors (Lipinski definition) is 3. The lowest BCUT2D eigenvalue weighted by Gasteiger charge is -1.86. The van der Waals surface area contributed by atoms with Crippen molar-refractivity contribution in [2.75, 3.05) is 6.54 Å². The summed E-state index contributed by atoms with van der Waals surface area (Å²) in [5, 5.41) is 7.42. The lowest BCUT2D eigenvalue weighted by Crippen LogP contribution is -2.19. The third-order valence-corrected chi connectivity index (χ3v) is 0.298. The Balaban J connectivity index is 0.